The Morgan fingerprint density at radius 3 is 0.500 bits per heavy atom. The molecule has 0 spiro atoms. The lowest BCUT2D eigenvalue weighted by molar-refractivity contribution is 0.0686. The quantitative estimate of drug-likeness (QED) is 0.0187. The lowest BCUT2D eigenvalue weighted by Gasteiger charge is -2.33. The van der Waals surface area contributed by atoms with Crippen LogP contribution in [0.2, 0.25) is 0 Å². The van der Waals surface area contributed by atoms with E-state index in [-0.39, 0.29) is 16.7 Å². The van der Waals surface area contributed by atoms with Gasteiger partial charge in [-0.15, -0.1) is 0 Å². The summed E-state index contributed by atoms with van der Waals surface area (Å²) in [6.07, 6.45) is 13.6. The van der Waals surface area contributed by atoms with Crippen molar-refractivity contribution in [2.45, 2.75) is 178 Å². The molecule has 504 valence electrons. The third-order valence-electron chi connectivity index (χ3n) is 19.6. The normalized spacial score (nSPS) is 12.3. The van der Waals surface area contributed by atoms with Crippen molar-refractivity contribution < 1.29 is 72.3 Å². The fraction of sp³-hybridized carbons (Fsp3) is 0.444. The van der Waals surface area contributed by atoms with E-state index in [4.69, 9.17) is 42.6 Å². The second-order valence-electron chi connectivity index (χ2n) is 26.2. The van der Waals surface area contributed by atoms with Crippen LogP contribution < -0.4 is 42.6 Å². The van der Waals surface area contributed by atoms with Crippen LogP contribution in [-0.4, -0.2) is 92.7 Å². The van der Waals surface area contributed by atoms with Gasteiger partial charge in [0.1, 0.15) is 0 Å². The predicted molar refractivity (Wildman–Crippen MR) is 388 cm³/mol. The first-order chi connectivity index (χ1) is 46.9. The summed E-state index contributed by atoms with van der Waals surface area (Å²) < 4.78 is 65.5. The zero-order valence-corrected chi connectivity index (χ0v) is 57.3. The van der Waals surface area contributed by atoms with Gasteiger partial charge in [-0.2, -0.15) is 0 Å². The molecule has 0 saturated heterocycles. The highest BCUT2D eigenvalue weighted by Crippen LogP contribution is 2.68. The molecule has 13 aromatic rings. The zero-order valence-electron chi connectivity index (χ0n) is 57.3. The molecule has 0 aliphatic rings. The van der Waals surface area contributed by atoms with E-state index in [1.54, 1.807) is 36.4 Å². The topological polar surface area (TPSA) is 195 Å². The lowest BCUT2D eigenvalue weighted by Crippen LogP contribution is -2.11. The molecule has 0 bridgehead atoms. The summed E-state index contributed by atoms with van der Waals surface area (Å²) in [7, 11) is 0. The SMILES string of the molecule is CCCCOc1c(OCCCC)c2c3cc(C(=O)O)cc4c5c(OCCCC)c(OCCCC)c(OCCCC)c6c7cc(C(=O)O)cc8c9c(OCCCC)c(OCCCC)c(OCCCC)c%10c%11cc(C(=O)O)cc%12c(c1OCCCC)c2c1c(c34)c(c56)c(c78)c(c%109)c1c%12%11. The monoisotopic (exact) mass is 1300 g/mol. The molecule has 0 heterocycles. The van der Waals surface area contributed by atoms with Crippen LogP contribution in [0.25, 0.3) is 129 Å². The van der Waals surface area contributed by atoms with Gasteiger partial charge in [0.2, 0.25) is 17.2 Å². The van der Waals surface area contributed by atoms with E-state index in [1.165, 1.54) is 0 Å². The second-order valence-corrected chi connectivity index (χ2v) is 26.2. The fourth-order valence-electron chi connectivity index (χ4n) is 15.0. The Bertz CT molecular complexity index is 4270. The first kappa shape index (κ1) is 65.8. The van der Waals surface area contributed by atoms with Gasteiger partial charge in [0.15, 0.2) is 34.5 Å². The summed E-state index contributed by atoms with van der Waals surface area (Å²) in [5.74, 6) is 0.0335. The largest absolute Gasteiger partial charge is 0.489 e. The minimum absolute atomic E-state index is 0.00460. The summed E-state index contributed by atoms with van der Waals surface area (Å²) in [6, 6.07) is 10.6. The second kappa shape index (κ2) is 27.7. The van der Waals surface area contributed by atoms with Crippen molar-refractivity contribution in [3.63, 3.8) is 0 Å². The lowest BCUT2D eigenvalue weighted by atomic mass is 9.72. The maximum absolute atomic E-state index is 14.3. The smallest absolute Gasteiger partial charge is 0.335 e. The first-order valence-corrected chi connectivity index (χ1v) is 35.8. The number of fused-ring (bicyclic) bond motifs is 6. The van der Waals surface area contributed by atoms with Gasteiger partial charge in [0, 0.05) is 64.6 Å². The standard InChI is InChI=1S/C81H90O15/c1-10-19-28-88-70-55-46-37-43(79(82)83)38-47-52(46)61-67-62-53-48(56(64(55)67)71(89-29-20-11-2)76(70)94-34-25-16-7)39-44(80(84)85)40-49(53)58-66-60(75(93-33-24-15-6)78(96-36-27-18-9)73(58)91-31-22-13-4)51-42-45(81(86)87)41-50-54(51)63(69(62)66)68(61)65-57(47)72(90-30-21-12-3)77(95-35-26-17-8)74(59(50)65)92-32-23-14-5/h37-42H,10-36H2,1-9H3,(H,82,83)(H,84,85)(H,86,87). The summed E-state index contributed by atoms with van der Waals surface area (Å²) in [5, 5.41) is 51.6. The molecule has 0 aromatic heterocycles. The Morgan fingerprint density at radius 2 is 0.354 bits per heavy atom. The number of hydrogen-bond acceptors (Lipinski definition) is 12. The van der Waals surface area contributed by atoms with E-state index in [1.807, 2.05) is 0 Å². The molecule has 15 heteroatoms. The number of carboxylic acids is 3. The van der Waals surface area contributed by atoms with Crippen LogP contribution >= 0.6 is 0 Å². The van der Waals surface area contributed by atoms with E-state index < -0.39 is 17.9 Å². The maximum atomic E-state index is 14.3. The molecule has 3 N–H and O–H groups in total. The fourth-order valence-corrected chi connectivity index (χ4v) is 15.0. The minimum Gasteiger partial charge on any atom is -0.489 e. The third-order valence-corrected chi connectivity index (χ3v) is 19.6. The number of carbonyl (C=O) groups is 3. The molecule has 0 unspecified atom stereocenters. The van der Waals surface area contributed by atoms with Crippen LogP contribution in [0, 0.1) is 0 Å². The summed E-state index contributed by atoms with van der Waals surface area (Å²) in [4.78, 5) is 43.0. The average Bonchev–Trinajstić information content (AvgIpc) is 0.636. The van der Waals surface area contributed by atoms with Gasteiger partial charge in [0.25, 0.3) is 0 Å². The first-order valence-electron chi connectivity index (χ1n) is 35.8. The van der Waals surface area contributed by atoms with E-state index in [2.05, 4.69) is 62.3 Å². The molecule has 0 aliphatic carbocycles. The summed E-state index contributed by atoms with van der Waals surface area (Å²) in [6.45, 7) is 21.6. The Hall–Kier alpha value is -8.85. The van der Waals surface area contributed by atoms with Crippen molar-refractivity contribution >= 4 is 147 Å². The van der Waals surface area contributed by atoms with Gasteiger partial charge in [0.05, 0.1) is 76.2 Å². The van der Waals surface area contributed by atoms with E-state index in [0.717, 1.165) is 106 Å². The predicted octanol–water partition coefficient (Wildman–Crippen LogP) is 21.9. The van der Waals surface area contributed by atoms with Gasteiger partial charge >= 0.3 is 17.9 Å². The van der Waals surface area contributed by atoms with Crippen LogP contribution in [0.5, 0.6) is 51.7 Å². The Morgan fingerprint density at radius 1 is 0.219 bits per heavy atom. The molecule has 0 saturated carbocycles. The van der Waals surface area contributed by atoms with Crippen LogP contribution in [0.1, 0.15) is 209 Å². The number of carboxylic acid groups (broad SMARTS) is 3. The third kappa shape index (κ3) is 10.5. The molecule has 0 radical (unpaired) electrons. The highest BCUT2D eigenvalue weighted by molar-refractivity contribution is 6.62. The summed E-state index contributed by atoms with van der Waals surface area (Å²) >= 11 is 0. The average molecular weight is 1300 g/mol. The van der Waals surface area contributed by atoms with Gasteiger partial charge in [-0.25, -0.2) is 14.4 Å². The maximum Gasteiger partial charge on any atom is 0.335 e. The van der Waals surface area contributed by atoms with Gasteiger partial charge in [-0.3, -0.25) is 0 Å². The Balaban J connectivity index is 1.48. The minimum atomic E-state index is -1.16. The van der Waals surface area contributed by atoms with Crippen LogP contribution in [-0.2, 0) is 0 Å². The van der Waals surface area contributed by atoms with E-state index in [9.17, 15) is 29.7 Å². The summed E-state index contributed by atoms with van der Waals surface area (Å²) in [5.41, 5.74) is 0.0138. The number of hydrogen-bond donors (Lipinski definition) is 3. The number of ether oxygens (including phenoxy) is 9. The Labute approximate surface area is 559 Å². The molecule has 0 amide bonds. The molecule has 0 atom stereocenters. The molecule has 13 rings (SSSR count). The molecule has 15 nitrogen and oxygen atoms in total. The number of rotatable bonds is 39. The zero-order chi connectivity index (χ0) is 67.2. The molecule has 96 heavy (non-hydrogen) atoms. The number of unbranched alkanes of at least 4 members (excludes halogenated alkanes) is 9. The molecule has 0 aliphatic heterocycles. The van der Waals surface area contributed by atoms with Crippen molar-refractivity contribution in [3.8, 4) is 51.7 Å². The van der Waals surface area contributed by atoms with Gasteiger partial charge < -0.3 is 58.0 Å². The van der Waals surface area contributed by atoms with Crippen molar-refractivity contribution in [1.82, 2.24) is 0 Å². The van der Waals surface area contributed by atoms with E-state index >= 15 is 0 Å². The highest BCUT2D eigenvalue weighted by Gasteiger charge is 2.41. The molecular formula is C81H90O15. The number of benzene rings is 13. The van der Waals surface area contributed by atoms with Crippen molar-refractivity contribution in [2.75, 3.05) is 59.5 Å². The van der Waals surface area contributed by atoms with Crippen molar-refractivity contribution in [2.24, 2.45) is 0 Å². The highest BCUT2D eigenvalue weighted by atomic mass is 16.6. The molecule has 0 fully saturated rings. The van der Waals surface area contributed by atoms with Crippen molar-refractivity contribution in [1.29, 1.82) is 0 Å². The molecular weight excluding hydrogens is 1210 g/mol. The van der Waals surface area contributed by atoms with Gasteiger partial charge in [-0.1, -0.05) is 120 Å². The van der Waals surface area contributed by atoms with E-state index in [0.29, 0.717) is 250 Å². The van der Waals surface area contributed by atoms with Gasteiger partial charge in [-0.05, 0) is 159 Å². The molecule has 13 aromatic carbocycles. The number of aromatic carboxylic acids is 3. The Kier molecular flexibility index (Phi) is 19.0. The van der Waals surface area contributed by atoms with Crippen LogP contribution in [0.15, 0.2) is 36.4 Å². The van der Waals surface area contributed by atoms with Crippen LogP contribution in [0.4, 0.5) is 0 Å². The van der Waals surface area contributed by atoms with Crippen molar-refractivity contribution in [3.05, 3.63) is 53.1 Å². The van der Waals surface area contributed by atoms with Crippen LogP contribution in [0.3, 0.4) is 0 Å².